The Labute approximate surface area is 121 Å². The Morgan fingerprint density at radius 1 is 1.15 bits per heavy atom. The summed E-state index contributed by atoms with van der Waals surface area (Å²) in [4.78, 5) is 2.49. The molecule has 2 nitrogen and oxygen atoms in total. The number of hydrogen-bond donors (Lipinski definition) is 1. The van der Waals surface area contributed by atoms with Crippen LogP contribution in [0.4, 0.5) is 11.4 Å². The van der Waals surface area contributed by atoms with Gasteiger partial charge in [0.2, 0.25) is 0 Å². The summed E-state index contributed by atoms with van der Waals surface area (Å²) >= 11 is 0. The highest BCUT2D eigenvalue weighted by Crippen LogP contribution is 2.39. The van der Waals surface area contributed by atoms with Gasteiger partial charge >= 0.3 is 0 Å². The van der Waals surface area contributed by atoms with Crippen molar-refractivity contribution >= 4 is 11.4 Å². The van der Waals surface area contributed by atoms with Gasteiger partial charge in [-0.3, -0.25) is 0 Å². The van der Waals surface area contributed by atoms with Crippen LogP contribution in [0.5, 0.6) is 0 Å². The molecule has 0 amide bonds. The first-order valence-electron chi connectivity index (χ1n) is 7.32. The van der Waals surface area contributed by atoms with Crippen LogP contribution >= 0.6 is 0 Å². The second-order valence-corrected chi connectivity index (χ2v) is 5.71. The molecule has 104 valence electrons. The van der Waals surface area contributed by atoms with Gasteiger partial charge in [0, 0.05) is 24.0 Å². The summed E-state index contributed by atoms with van der Waals surface area (Å²) in [6.07, 6.45) is 1.13. The molecule has 0 saturated heterocycles. The first-order chi connectivity index (χ1) is 9.70. The third-order valence-electron chi connectivity index (χ3n) is 4.07. The molecule has 0 bridgehead atoms. The van der Waals surface area contributed by atoms with E-state index < -0.39 is 0 Å². The minimum absolute atomic E-state index is 0.519. The molecule has 2 aromatic rings. The highest BCUT2D eigenvalue weighted by Gasteiger charge is 2.27. The van der Waals surface area contributed by atoms with Crippen molar-refractivity contribution in [2.75, 3.05) is 11.9 Å². The fourth-order valence-corrected chi connectivity index (χ4v) is 3.21. The molecule has 0 spiro atoms. The number of para-hydroxylation sites is 1. The van der Waals surface area contributed by atoms with Gasteiger partial charge in [-0.25, -0.2) is 0 Å². The van der Waals surface area contributed by atoms with E-state index in [9.17, 15) is 0 Å². The molecule has 0 radical (unpaired) electrons. The number of benzene rings is 2. The molecular weight excluding hydrogens is 244 g/mol. The first-order valence-corrected chi connectivity index (χ1v) is 7.32. The van der Waals surface area contributed by atoms with Crippen LogP contribution in [0.2, 0.25) is 0 Å². The molecule has 0 fully saturated rings. The maximum absolute atomic E-state index is 3.29. The minimum Gasteiger partial charge on any atom is -0.338 e. The molecule has 1 unspecified atom stereocenters. The summed E-state index contributed by atoms with van der Waals surface area (Å²) in [5, 5.41) is 3.29. The van der Waals surface area contributed by atoms with Crippen molar-refractivity contribution in [1.29, 1.82) is 0 Å². The third kappa shape index (κ3) is 2.20. The lowest BCUT2D eigenvalue weighted by Gasteiger charge is -2.28. The van der Waals surface area contributed by atoms with Gasteiger partial charge in [-0.1, -0.05) is 35.9 Å². The summed E-state index contributed by atoms with van der Waals surface area (Å²) < 4.78 is 0. The molecule has 0 aliphatic carbocycles. The number of anilines is 2. The van der Waals surface area contributed by atoms with Crippen LogP contribution in [-0.4, -0.2) is 13.1 Å². The maximum Gasteiger partial charge on any atom is 0.0459 e. The van der Waals surface area contributed by atoms with Crippen molar-refractivity contribution in [3.05, 3.63) is 59.2 Å². The molecule has 2 aromatic carbocycles. The van der Waals surface area contributed by atoms with E-state index >= 15 is 0 Å². The minimum atomic E-state index is 0.519. The standard InChI is InChI=1S/C18H22N2/c1-13-8-9-18(16(10-13)12-19-3)20-14(2)11-15-6-4-5-7-17(15)20/h4-10,14,19H,11-12H2,1-3H3. The topological polar surface area (TPSA) is 15.3 Å². The Hall–Kier alpha value is -1.80. The van der Waals surface area contributed by atoms with E-state index in [0.717, 1.165) is 13.0 Å². The Morgan fingerprint density at radius 3 is 2.75 bits per heavy atom. The predicted molar refractivity (Wildman–Crippen MR) is 85.7 cm³/mol. The molecule has 1 aliphatic rings. The average Bonchev–Trinajstić information content (AvgIpc) is 2.76. The van der Waals surface area contributed by atoms with Crippen molar-refractivity contribution in [1.82, 2.24) is 5.32 Å². The molecule has 0 aromatic heterocycles. The van der Waals surface area contributed by atoms with Gasteiger partial charge in [0.15, 0.2) is 0 Å². The number of fused-ring (bicyclic) bond motifs is 1. The molecule has 1 aliphatic heterocycles. The molecule has 1 heterocycles. The summed E-state index contributed by atoms with van der Waals surface area (Å²) in [6.45, 7) is 5.37. The zero-order valence-electron chi connectivity index (χ0n) is 12.5. The van der Waals surface area contributed by atoms with Gasteiger partial charge < -0.3 is 10.2 Å². The van der Waals surface area contributed by atoms with Gasteiger partial charge in [-0.15, -0.1) is 0 Å². The SMILES string of the molecule is CNCc1cc(C)ccc1N1c2ccccc2CC1C. The van der Waals surface area contributed by atoms with E-state index in [1.165, 1.54) is 28.1 Å². The fourth-order valence-electron chi connectivity index (χ4n) is 3.21. The summed E-state index contributed by atoms with van der Waals surface area (Å²) in [6, 6.07) is 16.0. The van der Waals surface area contributed by atoms with E-state index in [1.807, 2.05) is 7.05 Å². The zero-order chi connectivity index (χ0) is 14.1. The first kappa shape index (κ1) is 13.2. The molecule has 2 heteroatoms. The molecule has 0 saturated carbocycles. The van der Waals surface area contributed by atoms with Crippen LogP contribution in [0.3, 0.4) is 0 Å². The van der Waals surface area contributed by atoms with Gasteiger partial charge in [0.05, 0.1) is 0 Å². The zero-order valence-corrected chi connectivity index (χ0v) is 12.5. The Balaban J connectivity index is 2.09. The lowest BCUT2D eigenvalue weighted by Crippen LogP contribution is -2.25. The highest BCUT2D eigenvalue weighted by molar-refractivity contribution is 5.73. The van der Waals surface area contributed by atoms with Crippen LogP contribution in [0.15, 0.2) is 42.5 Å². The highest BCUT2D eigenvalue weighted by atomic mass is 15.2. The second-order valence-electron chi connectivity index (χ2n) is 5.71. The van der Waals surface area contributed by atoms with Crippen LogP contribution in [0.1, 0.15) is 23.6 Å². The number of nitrogens with one attached hydrogen (secondary N) is 1. The smallest absolute Gasteiger partial charge is 0.0459 e. The quantitative estimate of drug-likeness (QED) is 0.909. The van der Waals surface area contributed by atoms with E-state index in [1.54, 1.807) is 0 Å². The van der Waals surface area contributed by atoms with Gasteiger partial charge in [0.25, 0.3) is 0 Å². The van der Waals surface area contributed by atoms with E-state index in [0.29, 0.717) is 6.04 Å². The Kier molecular flexibility index (Phi) is 3.49. The van der Waals surface area contributed by atoms with Crippen molar-refractivity contribution < 1.29 is 0 Å². The molecule has 3 rings (SSSR count). The second kappa shape index (κ2) is 5.29. The number of hydrogen-bond acceptors (Lipinski definition) is 2. The van der Waals surface area contributed by atoms with Crippen LogP contribution in [-0.2, 0) is 13.0 Å². The molecule has 20 heavy (non-hydrogen) atoms. The van der Waals surface area contributed by atoms with Crippen molar-refractivity contribution in [2.24, 2.45) is 0 Å². The van der Waals surface area contributed by atoms with Gasteiger partial charge in [0.1, 0.15) is 0 Å². The predicted octanol–water partition coefficient (Wildman–Crippen LogP) is 3.80. The Morgan fingerprint density at radius 2 is 1.95 bits per heavy atom. The number of rotatable bonds is 3. The van der Waals surface area contributed by atoms with E-state index in [4.69, 9.17) is 0 Å². The lowest BCUT2D eigenvalue weighted by molar-refractivity contribution is 0.746. The van der Waals surface area contributed by atoms with Crippen molar-refractivity contribution in [3.63, 3.8) is 0 Å². The Bertz CT molecular complexity index is 619. The third-order valence-corrected chi connectivity index (χ3v) is 4.07. The number of nitrogens with zero attached hydrogens (tertiary/aromatic N) is 1. The van der Waals surface area contributed by atoms with E-state index in [-0.39, 0.29) is 0 Å². The summed E-state index contributed by atoms with van der Waals surface area (Å²) in [5.74, 6) is 0. The van der Waals surface area contributed by atoms with Crippen LogP contribution in [0, 0.1) is 6.92 Å². The van der Waals surface area contributed by atoms with Crippen LogP contribution in [0.25, 0.3) is 0 Å². The normalized spacial score (nSPS) is 17.4. The average molecular weight is 266 g/mol. The summed E-state index contributed by atoms with van der Waals surface area (Å²) in [7, 11) is 2.01. The van der Waals surface area contributed by atoms with Gasteiger partial charge in [-0.05, 0) is 50.6 Å². The fraction of sp³-hybridized carbons (Fsp3) is 0.333. The largest absolute Gasteiger partial charge is 0.338 e. The summed E-state index contributed by atoms with van der Waals surface area (Å²) in [5.41, 5.74) is 6.84. The molecule has 1 atom stereocenters. The van der Waals surface area contributed by atoms with Crippen molar-refractivity contribution in [3.8, 4) is 0 Å². The van der Waals surface area contributed by atoms with E-state index in [2.05, 4.69) is 66.5 Å². The number of aryl methyl sites for hydroxylation is 1. The maximum atomic E-state index is 3.29. The van der Waals surface area contributed by atoms with Gasteiger partial charge in [-0.2, -0.15) is 0 Å². The van der Waals surface area contributed by atoms with Crippen molar-refractivity contribution in [2.45, 2.75) is 32.9 Å². The van der Waals surface area contributed by atoms with Crippen LogP contribution < -0.4 is 10.2 Å². The molecule has 1 N–H and O–H groups in total. The molecular formula is C18H22N2. The lowest BCUT2D eigenvalue weighted by atomic mass is 10.1. The monoisotopic (exact) mass is 266 g/mol.